The van der Waals surface area contributed by atoms with Gasteiger partial charge in [-0.25, -0.2) is 0 Å². The van der Waals surface area contributed by atoms with Crippen LogP contribution in [-0.2, 0) is 0 Å². The fourth-order valence-corrected chi connectivity index (χ4v) is 2.10. The molecule has 0 saturated heterocycles. The first-order chi connectivity index (χ1) is 7.32. The number of thioether (sulfide) groups is 1. The first kappa shape index (κ1) is 15.4. The topological polar surface area (TPSA) is 78.8 Å². The molecule has 96 valence electrons. The van der Waals surface area contributed by atoms with Gasteiger partial charge in [-0.3, -0.25) is 0 Å². The first-order valence-corrected chi connectivity index (χ1v) is 5.64. The molecule has 0 aliphatic carbocycles. The summed E-state index contributed by atoms with van der Waals surface area (Å²) in [5.41, 5.74) is 4.98. The number of hydrogen-bond donors (Lipinski definition) is 3. The van der Waals surface area contributed by atoms with Gasteiger partial charge in [0, 0.05) is 17.6 Å². The van der Waals surface area contributed by atoms with Gasteiger partial charge in [-0.1, -0.05) is 12.1 Å². The van der Waals surface area contributed by atoms with E-state index in [-0.39, 0.29) is 17.6 Å². The second-order valence-electron chi connectivity index (χ2n) is 3.28. The Hall–Kier alpha value is -0.630. The van der Waals surface area contributed by atoms with Crippen molar-refractivity contribution >= 4 is 17.6 Å². The van der Waals surface area contributed by atoms with Crippen molar-refractivity contribution in [1.82, 2.24) is 0 Å². The molecule has 8 heteroatoms. The fourth-order valence-electron chi connectivity index (χ4n) is 0.943. The summed E-state index contributed by atoms with van der Waals surface area (Å²) < 4.78 is 37.4. The second-order valence-corrected chi connectivity index (χ2v) is 4.75. The van der Waals surface area contributed by atoms with Crippen LogP contribution in [-0.4, -0.2) is 39.9 Å². The van der Waals surface area contributed by atoms with Crippen LogP contribution in [0.15, 0.2) is 5.16 Å². The largest absolute Gasteiger partial charge is 0.409 e. The van der Waals surface area contributed by atoms with Crippen molar-refractivity contribution in [2.45, 2.75) is 24.8 Å². The minimum absolute atomic E-state index is 0.0750. The summed E-state index contributed by atoms with van der Waals surface area (Å²) in [7, 11) is 0. The van der Waals surface area contributed by atoms with Gasteiger partial charge >= 0.3 is 6.18 Å². The van der Waals surface area contributed by atoms with E-state index in [9.17, 15) is 13.2 Å². The third-order valence-electron chi connectivity index (χ3n) is 1.95. The number of oxime groups is 1. The van der Waals surface area contributed by atoms with E-state index in [4.69, 9.17) is 16.0 Å². The Labute approximate surface area is 95.7 Å². The average Bonchev–Trinajstić information content (AvgIpc) is 2.16. The molecule has 2 atom stereocenters. The van der Waals surface area contributed by atoms with Crippen molar-refractivity contribution in [3.63, 3.8) is 0 Å². The third kappa shape index (κ3) is 5.45. The lowest BCUT2D eigenvalue weighted by atomic mass is 10.1. The summed E-state index contributed by atoms with van der Waals surface area (Å²) in [6.45, 7) is 1.63. The highest BCUT2D eigenvalue weighted by Crippen LogP contribution is 2.31. The normalized spacial score (nSPS) is 17.2. The van der Waals surface area contributed by atoms with Gasteiger partial charge in [0.25, 0.3) is 0 Å². The van der Waals surface area contributed by atoms with E-state index in [1.165, 1.54) is 0 Å². The molecular formula is C8H15F3N2O2S. The summed E-state index contributed by atoms with van der Waals surface area (Å²) >= 11 is 1.03. The molecule has 16 heavy (non-hydrogen) atoms. The Kier molecular flexibility index (Phi) is 6.58. The predicted molar refractivity (Wildman–Crippen MR) is 56.6 cm³/mol. The SMILES string of the molecule is CC(CCO)SCC(C(N)=NO)C(F)(F)F. The minimum Gasteiger partial charge on any atom is -0.409 e. The number of alkyl halides is 3. The Morgan fingerprint density at radius 1 is 1.50 bits per heavy atom. The van der Waals surface area contributed by atoms with Gasteiger partial charge in [0.2, 0.25) is 0 Å². The van der Waals surface area contributed by atoms with Crippen LogP contribution in [0.25, 0.3) is 0 Å². The number of aliphatic hydroxyl groups excluding tert-OH is 1. The Morgan fingerprint density at radius 2 is 2.06 bits per heavy atom. The van der Waals surface area contributed by atoms with Crippen LogP contribution in [0.5, 0.6) is 0 Å². The number of nitrogens with zero attached hydrogens (tertiary/aromatic N) is 1. The summed E-state index contributed by atoms with van der Waals surface area (Å²) in [6.07, 6.45) is -4.12. The standard InChI is InChI=1S/C8H15F3N2O2S/c1-5(2-3-14)16-4-6(7(12)13-15)8(9,10)11/h5-6,14-15H,2-4H2,1H3,(H2,12,13). The van der Waals surface area contributed by atoms with Gasteiger partial charge in [-0.2, -0.15) is 24.9 Å². The highest BCUT2D eigenvalue weighted by molar-refractivity contribution is 7.99. The van der Waals surface area contributed by atoms with Crippen LogP contribution in [0.1, 0.15) is 13.3 Å². The summed E-state index contributed by atoms with van der Waals surface area (Å²) in [6, 6.07) is 0. The molecule has 0 bridgehead atoms. The van der Waals surface area contributed by atoms with Gasteiger partial charge < -0.3 is 16.0 Å². The summed E-state index contributed by atoms with van der Waals surface area (Å²) in [5, 5.41) is 19.1. The molecule has 0 aliphatic heterocycles. The van der Waals surface area contributed by atoms with Crippen LogP contribution in [0.2, 0.25) is 0 Å². The van der Waals surface area contributed by atoms with Gasteiger partial charge in [-0.15, -0.1) is 0 Å². The zero-order valence-electron chi connectivity index (χ0n) is 8.74. The van der Waals surface area contributed by atoms with Crippen molar-refractivity contribution in [3.8, 4) is 0 Å². The van der Waals surface area contributed by atoms with Crippen molar-refractivity contribution in [1.29, 1.82) is 0 Å². The molecule has 0 aliphatic rings. The molecule has 4 N–H and O–H groups in total. The predicted octanol–water partition coefficient (Wildman–Crippen LogP) is 1.42. The van der Waals surface area contributed by atoms with E-state index in [1.54, 1.807) is 6.92 Å². The van der Waals surface area contributed by atoms with Gasteiger partial charge in [0.1, 0.15) is 5.92 Å². The minimum atomic E-state index is -4.53. The maximum Gasteiger partial charge on any atom is 0.399 e. The Balaban J connectivity index is 4.35. The van der Waals surface area contributed by atoms with Gasteiger partial charge in [0.15, 0.2) is 5.84 Å². The van der Waals surface area contributed by atoms with E-state index in [1.807, 2.05) is 0 Å². The highest BCUT2D eigenvalue weighted by atomic mass is 32.2. The first-order valence-electron chi connectivity index (χ1n) is 4.59. The molecule has 0 aromatic rings. The number of nitrogens with two attached hydrogens (primary N) is 1. The lowest BCUT2D eigenvalue weighted by molar-refractivity contribution is -0.150. The second kappa shape index (κ2) is 6.85. The fraction of sp³-hybridized carbons (Fsp3) is 0.875. The van der Waals surface area contributed by atoms with Crippen LogP contribution >= 0.6 is 11.8 Å². The molecule has 0 aromatic heterocycles. The maximum atomic E-state index is 12.5. The van der Waals surface area contributed by atoms with Gasteiger partial charge in [0.05, 0.1) is 0 Å². The smallest absolute Gasteiger partial charge is 0.399 e. The molecule has 0 fully saturated rings. The van der Waals surface area contributed by atoms with Crippen molar-refractivity contribution in [2.75, 3.05) is 12.4 Å². The average molecular weight is 260 g/mol. The number of amidine groups is 1. The Bertz CT molecular complexity index is 236. The number of hydrogen-bond acceptors (Lipinski definition) is 4. The number of halogens is 3. The quantitative estimate of drug-likeness (QED) is 0.292. The van der Waals surface area contributed by atoms with E-state index >= 15 is 0 Å². The monoisotopic (exact) mass is 260 g/mol. The van der Waals surface area contributed by atoms with E-state index in [0.29, 0.717) is 6.42 Å². The molecule has 0 aromatic carbocycles. The zero-order valence-corrected chi connectivity index (χ0v) is 9.55. The van der Waals surface area contributed by atoms with Crippen molar-refractivity contribution in [2.24, 2.45) is 16.8 Å². The molecular weight excluding hydrogens is 245 g/mol. The third-order valence-corrected chi connectivity index (χ3v) is 3.28. The van der Waals surface area contributed by atoms with Crippen molar-refractivity contribution < 1.29 is 23.5 Å². The molecule has 0 spiro atoms. The molecule has 0 saturated carbocycles. The molecule has 2 unspecified atom stereocenters. The Morgan fingerprint density at radius 3 is 2.44 bits per heavy atom. The van der Waals surface area contributed by atoms with Crippen LogP contribution in [0, 0.1) is 5.92 Å². The summed E-state index contributed by atoms with van der Waals surface area (Å²) in [4.78, 5) is 0. The molecule has 0 radical (unpaired) electrons. The molecule has 0 heterocycles. The van der Waals surface area contributed by atoms with E-state index < -0.39 is 17.9 Å². The molecule has 4 nitrogen and oxygen atoms in total. The van der Waals surface area contributed by atoms with Crippen LogP contribution < -0.4 is 5.73 Å². The lowest BCUT2D eigenvalue weighted by Gasteiger charge is -2.20. The lowest BCUT2D eigenvalue weighted by Crippen LogP contribution is -2.38. The number of rotatable bonds is 6. The zero-order chi connectivity index (χ0) is 12.8. The molecule has 0 rings (SSSR count). The van der Waals surface area contributed by atoms with Crippen LogP contribution in [0.3, 0.4) is 0 Å². The summed E-state index contributed by atoms with van der Waals surface area (Å²) in [5.74, 6) is -3.11. The van der Waals surface area contributed by atoms with E-state index in [0.717, 1.165) is 11.8 Å². The van der Waals surface area contributed by atoms with Crippen LogP contribution in [0.4, 0.5) is 13.2 Å². The van der Waals surface area contributed by atoms with Crippen molar-refractivity contribution in [3.05, 3.63) is 0 Å². The van der Waals surface area contributed by atoms with E-state index in [2.05, 4.69) is 5.16 Å². The highest BCUT2D eigenvalue weighted by Gasteiger charge is 2.42. The number of aliphatic hydroxyl groups is 1. The maximum absolute atomic E-state index is 12.5. The molecule has 0 amide bonds. The van der Waals surface area contributed by atoms with Gasteiger partial charge in [-0.05, 0) is 6.42 Å².